The lowest BCUT2D eigenvalue weighted by Crippen LogP contribution is -2.30. The number of ether oxygens (including phenoxy) is 2. The first kappa shape index (κ1) is 24.3. The van der Waals surface area contributed by atoms with Gasteiger partial charge in [-0.3, -0.25) is 4.90 Å². The highest BCUT2D eigenvalue weighted by molar-refractivity contribution is 5.48. The molecule has 3 heteroatoms. The van der Waals surface area contributed by atoms with Crippen LogP contribution in [0.4, 0.5) is 0 Å². The number of benzene rings is 3. The van der Waals surface area contributed by atoms with E-state index >= 15 is 0 Å². The van der Waals surface area contributed by atoms with E-state index in [4.69, 9.17) is 9.47 Å². The number of rotatable bonds is 12. The Morgan fingerprint density at radius 2 is 1.44 bits per heavy atom. The zero-order chi connectivity index (χ0) is 23.6. The van der Waals surface area contributed by atoms with Crippen LogP contribution in [0.2, 0.25) is 0 Å². The maximum absolute atomic E-state index is 6.17. The van der Waals surface area contributed by atoms with E-state index in [0.29, 0.717) is 6.61 Å². The minimum absolute atomic E-state index is 0.264. The lowest BCUT2D eigenvalue weighted by Gasteiger charge is -2.34. The highest BCUT2D eigenvalue weighted by Crippen LogP contribution is 2.46. The molecule has 180 valence electrons. The molecule has 2 unspecified atom stereocenters. The van der Waals surface area contributed by atoms with Crippen molar-refractivity contribution in [2.45, 2.75) is 51.4 Å². The molecule has 2 atom stereocenters. The summed E-state index contributed by atoms with van der Waals surface area (Å²) in [5.41, 5.74) is 3.89. The first-order valence-corrected chi connectivity index (χ1v) is 13.0. The Bertz CT molecular complexity index is 978. The third-order valence-corrected chi connectivity index (χ3v) is 6.87. The quantitative estimate of drug-likeness (QED) is 0.285. The highest BCUT2D eigenvalue weighted by atomic mass is 16.5. The lowest BCUT2D eigenvalue weighted by atomic mass is 9.76. The summed E-state index contributed by atoms with van der Waals surface area (Å²) in [6.45, 7) is 9.27. The van der Waals surface area contributed by atoms with E-state index in [1.54, 1.807) is 0 Å². The molecule has 3 aromatic rings. The number of hydrogen-bond acceptors (Lipinski definition) is 3. The zero-order valence-electron chi connectivity index (χ0n) is 20.8. The molecule has 0 bridgehead atoms. The molecule has 3 aromatic carbocycles. The van der Waals surface area contributed by atoms with Gasteiger partial charge in [-0.05, 0) is 55.3 Å². The summed E-state index contributed by atoms with van der Waals surface area (Å²) in [4.78, 5) is 2.55. The van der Waals surface area contributed by atoms with Gasteiger partial charge in [-0.1, -0.05) is 87.4 Å². The van der Waals surface area contributed by atoms with Crippen molar-refractivity contribution < 1.29 is 9.47 Å². The van der Waals surface area contributed by atoms with Crippen LogP contribution in [0.3, 0.4) is 0 Å². The van der Waals surface area contributed by atoms with E-state index in [9.17, 15) is 0 Å². The van der Waals surface area contributed by atoms with Crippen molar-refractivity contribution in [1.82, 2.24) is 4.90 Å². The molecule has 0 fully saturated rings. The summed E-state index contributed by atoms with van der Waals surface area (Å²) in [5, 5.41) is 0. The second-order valence-electron chi connectivity index (χ2n) is 9.31. The minimum Gasteiger partial charge on any atom is -0.493 e. The molecule has 34 heavy (non-hydrogen) atoms. The number of nitrogens with zero attached hydrogens (tertiary/aromatic N) is 1. The van der Waals surface area contributed by atoms with Crippen molar-refractivity contribution in [2.75, 3.05) is 32.8 Å². The van der Waals surface area contributed by atoms with Crippen molar-refractivity contribution in [1.29, 1.82) is 0 Å². The van der Waals surface area contributed by atoms with Crippen LogP contribution < -0.4 is 9.47 Å². The van der Waals surface area contributed by atoms with Crippen molar-refractivity contribution in [3.63, 3.8) is 0 Å². The average molecular weight is 458 g/mol. The van der Waals surface area contributed by atoms with Crippen molar-refractivity contribution in [3.8, 4) is 11.5 Å². The molecule has 0 saturated carbocycles. The summed E-state index contributed by atoms with van der Waals surface area (Å²) in [6, 6.07) is 28.0. The molecule has 1 heterocycles. The van der Waals surface area contributed by atoms with E-state index in [-0.39, 0.29) is 11.8 Å². The van der Waals surface area contributed by atoms with Crippen LogP contribution in [0.1, 0.15) is 68.1 Å². The smallest absolute Gasteiger partial charge is 0.123 e. The van der Waals surface area contributed by atoms with Gasteiger partial charge in [0.1, 0.15) is 18.1 Å². The monoisotopic (exact) mass is 457 g/mol. The van der Waals surface area contributed by atoms with Gasteiger partial charge >= 0.3 is 0 Å². The number of hydrogen-bond donors (Lipinski definition) is 0. The van der Waals surface area contributed by atoms with Gasteiger partial charge in [-0.15, -0.1) is 0 Å². The van der Waals surface area contributed by atoms with Crippen LogP contribution >= 0.6 is 0 Å². The molecular formula is C31H39NO2. The normalized spacial score (nSPS) is 17.3. The molecule has 0 aromatic heterocycles. The second kappa shape index (κ2) is 12.6. The molecular weight excluding hydrogens is 418 g/mol. The van der Waals surface area contributed by atoms with Crippen molar-refractivity contribution in [3.05, 3.63) is 95.6 Å². The second-order valence-corrected chi connectivity index (χ2v) is 9.31. The molecule has 0 saturated heterocycles. The first-order valence-electron chi connectivity index (χ1n) is 13.0. The number of para-hydroxylation sites is 1. The topological polar surface area (TPSA) is 21.7 Å². The van der Waals surface area contributed by atoms with Crippen LogP contribution in [0.5, 0.6) is 11.5 Å². The molecule has 0 N–H and O–H groups in total. The largest absolute Gasteiger partial charge is 0.493 e. The summed E-state index contributed by atoms with van der Waals surface area (Å²) in [6.07, 6.45) is 5.00. The molecule has 3 nitrogen and oxygen atoms in total. The predicted molar refractivity (Wildman–Crippen MR) is 141 cm³/mol. The Morgan fingerprint density at radius 1 is 0.765 bits per heavy atom. The molecule has 0 radical (unpaired) electrons. The van der Waals surface area contributed by atoms with Crippen molar-refractivity contribution >= 4 is 0 Å². The van der Waals surface area contributed by atoms with E-state index < -0.39 is 0 Å². The highest BCUT2D eigenvalue weighted by Gasteiger charge is 2.33. The van der Waals surface area contributed by atoms with Gasteiger partial charge in [-0.2, -0.15) is 0 Å². The Hall–Kier alpha value is -2.78. The molecule has 0 amide bonds. The average Bonchev–Trinajstić information content (AvgIpc) is 2.90. The van der Waals surface area contributed by atoms with Gasteiger partial charge in [-0.25, -0.2) is 0 Å². The third-order valence-electron chi connectivity index (χ3n) is 6.87. The van der Waals surface area contributed by atoms with Gasteiger partial charge in [0.05, 0.1) is 6.61 Å². The van der Waals surface area contributed by atoms with Gasteiger partial charge in [0, 0.05) is 23.9 Å². The fourth-order valence-electron chi connectivity index (χ4n) is 4.93. The Labute approximate surface area is 205 Å². The van der Waals surface area contributed by atoms with E-state index in [0.717, 1.165) is 24.7 Å². The molecule has 0 aliphatic carbocycles. The summed E-state index contributed by atoms with van der Waals surface area (Å²) in [7, 11) is 0. The zero-order valence-corrected chi connectivity index (χ0v) is 20.8. The van der Waals surface area contributed by atoms with Crippen LogP contribution in [0.15, 0.2) is 78.9 Å². The Kier molecular flexibility index (Phi) is 9.04. The van der Waals surface area contributed by atoms with Crippen molar-refractivity contribution in [2.24, 2.45) is 0 Å². The van der Waals surface area contributed by atoms with Crippen LogP contribution in [-0.2, 0) is 0 Å². The lowest BCUT2D eigenvalue weighted by molar-refractivity contribution is 0.204. The van der Waals surface area contributed by atoms with Crippen LogP contribution in [0.25, 0.3) is 0 Å². The summed E-state index contributed by atoms with van der Waals surface area (Å²) in [5.74, 6) is 2.50. The van der Waals surface area contributed by atoms with E-state index in [1.807, 2.05) is 0 Å². The van der Waals surface area contributed by atoms with E-state index in [1.165, 1.54) is 55.5 Å². The maximum Gasteiger partial charge on any atom is 0.123 e. The minimum atomic E-state index is 0.264. The molecule has 1 aliphatic rings. The molecule has 0 spiro atoms. The Balaban J connectivity index is 1.46. The van der Waals surface area contributed by atoms with Crippen LogP contribution in [-0.4, -0.2) is 37.7 Å². The number of unbranched alkanes of at least 4 members (excludes halogenated alkanes) is 2. The van der Waals surface area contributed by atoms with Crippen LogP contribution in [0, 0.1) is 0 Å². The number of fused-ring (bicyclic) bond motifs is 1. The summed E-state index contributed by atoms with van der Waals surface area (Å²) >= 11 is 0. The fraction of sp³-hybridized carbons (Fsp3) is 0.419. The standard InChI is InChI=1S/C31H39NO2/c1-3-5-20-32(21-6-4-2)22-23-33-27-18-16-26(17-19-27)31-28-14-10-11-15-30(28)34-24-29(31)25-12-8-7-9-13-25/h7-19,29,31H,3-6,20-24H2,1-2H3. The Morgan fingerprint density at radius 3 is 2.15 bits per heavy atom. The molecule has 4 rings (SSSR count). The third kappa shape index (κ3) is 6.21. The van der Waals surface area contributed by atoms with Gasteiger partial charge in [0.25, 0.3) is 0 Å². The van der Waals surface area contributed by atoms with Gasteiger partial charge < -0.3 is 9.47 Å². The van der Waals surface area contributed by atoms with Gasteiger partial charge in [0.15, 0.2) is 0 Å². The molecule has 1 aliphatic heterocycles. The maximum atomic E-state index is 6.17. The van der Waals surface area contributed by atoms with Gasteiger partial charge in [0.2, 0.25) is 0 Å². The predicted octanol–water partition coefficient (Wildman–Crippen LogP) is 7.28. The summed E-state index contributed by atoms with van der Waals surface area (Å²) < 4.78 is 12.3. The first-order chi connectivity index (χ1) is 16.8. The fourth-order valence-corrected chi connectivity index (χ4v) is 4.93. The van der Waals surface area contributed by atoms with E-state index in [2.05, 4.69) is 97.6 Å². The SMILES string of the molecule is CCCCN(CCCC)CCOc1ccc(C2c3ccccc3OCC2c2ccccc2)cc1.